The maximum atomic E-state index is 12.0. The van der Waals surface area contributed by atoms with E-state index in [-0.39, 0.29) is 24.4 Å². The number of alkyl halides is 3. The molecular weight excluding hydrogens is 315 g/mol. The normalized spacial score (nSPS) is 16.3. The van der Waals surface area contributed by atoms with Gasteiger partial charge in [0, 0.05) is 25.8 Å². The number of nitrogens with zero attached hydrogens (tertiary/aromatic N) is 2. The molecule has 0 aliphatic carbocycles. The lowest BCUT2D eigenvalue weighted by Gasteiger charge is -2.31. The number of hydrogen-bond donors (Lipinski definition) is 2. The largest absolute Gasteiger partial charge is 0.468 e. The second kappa shape index (κ2) is 7.49. The van der Waals surface area contributed by atoms with Crippen LogP contribution in [0.25, 0.3) is 0 Å². The van der Waals surface area contributed by atoms with E-state index >= 15 is 0 Å². The van der Waals surface area contributed by atoms with Gasteiger partial charge in [-0.2, -0.15) is 13.2 Å². The fraction of sp³-hybridized carbons (Fsp3) is 0.571. The zero-order valence-corrected chi connectivity index (χ0v) is 12.3. The first kappa shape index (κ1) is 17.3. The molecule has 1 aliphatic rings. The quantitative estimate of drug-likeness (QED) is 0.886. The molecule has 0 atom stereocenters. The van der Waals surface area contributed by atoms with E-state index in [2.05, 4.69) is 15.0 Å². The zero-order chi connectivity index (χ0) is 16.9. The smallest absolute Gasteiger partial charge is 0.422 e. The molecule has 0 bridgehead atoms. The number of anilines is 1. The van der Waals surface area contributed by atoms with Gasteiger partial charge in [-0.1, -0.05) is 0 Å². The number of pyridine rings is 1. The first-order chi connectivity index (χ1) is 10.9. The van der Waals surface area contributed by atoms with Crippen molar-refractivity contribution in [3.8, 4) is 5.88 Å². The molecule has 1 fully saturated rings. The molecule has 1 aromatic heterocycles. The van der Waals surface area contributed by atoms with Crippen LogP contribution >= 0.6 is 0 Å². The Bertz CT molecular complexity index is 514. The minimum Gasteiger partial charge on any atom is -0.468 e. The van der Waals surface area contributed by atoms with Crippen LogP contribution in [0, 0.1) is 5.92 Å². The Morgan fingerprint density at radius 2 is 2.09 bits per heavy atom. The van der Waals surface area contributed by atoms with Crippen LogP contribution in [0.1, 0.15) is 12.8 Å². The fourth-order valence-electron chi connectivity index (χ4n) is 2.22. The molecule has 0 spiro atoms. The number of carbonyl (C=O) groups excluding carboxylic acids is 1. The first-order valence-electron chi connectivity index (χ1n) is 7.20. The third kappa shape index (κ3) is 5.59. The number of aliphatic hydroxyl groups excluding tert-OH is 1. The van der Waals surface area contributed by atoms with Gasteiger partial charge < -0.3 is 20.1 Å². The van der Waals surface area contributed by atoms with Crippen molar-refractivity contribution in [2.24, 2.45) is 5.92 Å². The molecular formula is C14H18F3N3O3. The van der Waals surface area contributed by atoms with Crippen LogP contribution in [-0.2, 0) is 0 Å². The number of piperidine rings is 1. The molecule has 0 unspecified atom stereocenters. The number of halogens is 3. The number of ether oxygens (including phenoxy) is 1. The summed E-state index contributed by atoms with van der Waals surface area (Å²) in [5, 5.41) is 11.7. The van der Waals surface area contributed by atoms with Gasteiger partial charge in [0.2, 0.25) is 5.88 Å². The predicted molar refractivity (Wildman–Crippen MR) is 76.2 cm³/mol. The summed E-state index contributed by atoms with van der Waals surface area (Å²) < 4.78 is 40.6. The van der Waals surface area contributed by atoms with Crippen LogP contribution in [-0.4, -0.2) is 53.5 Å². The highest BCUT2D eigenvalue weighted by Crippen LogP contribution is 2.19. The molecule has 9 heteroatoms. The maximum Gasteiger partial charge on any atom is 0.422 e. The first-order valence-corrected chi connectivity index (χ1v) is 7.20. The van der Waals surface area contributed by atoms with E-state index in [4.69, 9.17) is 5.11 Å². The summed E-state index contributed by atoms with van der Waals surface area (Å²) in [5.41, 5.74) is 0.374. The van der Waals surface area contributed by atoms with Crippen LogP contribution in [0.5, 0.6) is 5.88 Å². The van der Waals surface area contributed by atoms with Gasteiger partial charge in [-0.3, -0.25) is 0 Å². The summed E-state index contributed by atoms with van der Waals surface area (Å²) in [6.45, 7) is -0.182. The lowest BCUT2D eigenvalue weighted by molar-refractivity contribution is -0.154. The van der Waals surface area contributed by atoms with Crippen molar-refractivity contribution in [1.29, 1.82) is 0 Å². The standard InChI is InChI=1S/C14H18F3N3O3/c15-14(16,17)9-23-12-2-1-11(7-18-12)19-13(22)20-5-3-10(8-21)4-6-20/h1-2,7,10,21H,3-6,8-9H2,(H,19,22). The Balaban J connectivity index is 1.82. The average Bonchev–Trinajstić information content (AvgIpc) is 2.53. The Morgan fingerprint density at radius 1 is 1.39 bits per heavy atom. The molecule has 0 radical (unpaired) electrons. The molecule has 0 saturated carbocycles. The lowest BCUT2D eigenvalue weighted by Crippen LogP contribution is -2.41. The van der Waals surface area contributed by atoms with E-state index in [1.165, 1.54) is 18.3 Å². The third-order valence-electron chi connectivity index (χ3n) is 3.53. The monoisotopic (exact) mass is 333 g/mol. The van der Waals surface area contributed by atoms with Crippen molar-refractivity contribution in [2.75, 3.05) is 31.6 Å². The number of urea groups is 1. The van der Waals surface area contributed by atoms with Crippen LogP contribution in [0.2, 0.25) is 0 Å². The Hall–Kier alpha value is -2.03. The van der Waals surface area contributed by atoms with Crippen molar-refractivity contribution in [3.05, 3.63) is 18.3 Å². The number of aromatic nitrogens is 1. The Morgan fingerprint density at radius 3 is 2.61 bits per heavy atom. The third-order valence-corrected chi connectivity index (χ3v) is 3.53. The molecule has 6 nitrogen and oxygen atoms in total. The van der Waals surface area contributed by atoms with Crippen molar-refractivity contribution >= 4 is 11.7 Å². The van der Waals surface area contributed by atoms with E-state index in [1.54, 1.807) is 4.90 Å². The number of likely N-dealkylation sites (tertiary alicyclic amines) is 1. The second-order valence-corrected chi connectivity index (χ2v) is 5.33. The highest BCUT2D eigenvalue weighted by atomic mass is 19.4. The molecule has 1 aromatic rings. The molecule has 128 valence electrons. The number of rotatable bonds is 4. The molecule has 2 rings (SSSR count). The van der Waals surface area contributed by atoms with Gasteiger partial charge in [0.1, 0.15) is 0 Å². The van der Waals surface area contributed by atoms with Gasteiger partial charge in [0.25, 0.3) is 0 Å². The number of amides is 2. The fourth-order valence-corrected chi connectivity index (χ4v) is 2.22. The molecule has 23 heavy (non-hydrogen) atoms. The molecule has 0 aromatic carbocycles. The lowest BCUT2D eigenvalue weighted by atomic mass is 9.98. The van der Waals surface area contributed by atoms with E-state index in [9.17, 15) is 18.0 Å². The minimum absolute atomic E-state index is 0.124. The van der Waals surface area contributed by atoms with E-state index in [0.29, 0.717) is 18.8 Å². The minimum atomic E-state index is -4.42. The Kier molecular flexibility index (Phi) is 5.64. The summed E-state index contributed by atoms with van der Waals surface area (Å²) in [5.74, 6) is 0.0647. The van der Waals surface area contributed by atoms with Gasteiger partial charge in [0.05, 0.1) is 11.9 Å². The Labute approximate surface area is 131 Å². The molecule has 2 heterocycles. The van der Waals surface area contributed by atoms with Crippen molar-refractivity contribution < 1.29 is 27.8 Å². The molecule has 2 N–H and O–H groups in total. The van der Waals surface area contributed by atoms with E-state index in [1.807, 2.05) is 0 Å². The predicted octanol–water partition coefficient (Wildman–Crippen LogP) is 2.26. The van der Waals surface area contributed by atoms with Crippen LogP contribution in [0.3, 0.4) is 0 Å². The summed E-state index contributed by atoms with van der Waals surface area (Å²) in [6, 6.07) is 2.39. The van der Waals surface area contributed by atoms with Crippen molar-refractivity contribution in [1.82, 2.24) is 9.88 Å². The zero-order valence-electron chi connectivity index (χ0n) is 12.3. The summed E-state index contributed by atoms with van der Waals surface area (Å²) in [4.78, 5) is 17.4. The highest BCUT2D eigenvalue weighted by Gasteiger charge is 2.28. The van der Waals surface area contributed by atoms with E-state index in [0.717, 1.165) is 12.8 Å². The van der Waals surface area contributed by atoms with Gasteiger partial charge in [0.15, 0.2) is 6.61 Å². The topological polar surface area (TPSA) is 74.7 Å². The molecule has 1 saturated heterocycles. The maximum absolute atomic E-state index is 12.0. The summed E-state index contributed by atoms with van der Waals surface area (Å²) in [6.07, 6.45) is -1.70. The number of nitrogens with one attached hydrogen (secondary N) is 1. The number of hydrogen-bond acceptors (Lipinski definition) is 4. The second-order valence-electron chi connectivity index (χ2n) is 5.33. The van der Waals surface area contributed by atoms with Crippen LogP contribution in [0.15, 0.2) is 18.3 Å². The van der Waals surface area contributed by atoms with Gasteiger partial charge in [-0.25, -0.2) is 9.78 Å². The van der Waals surface area contributed by atoms with Gasteiger partial charge in [-0.15, -0.1) is 0 Å². The van der Waals surface area contributed by atoms with Crippen LogP contribution < -0.4 is 10.1 Å². The summed E-state index contributed by atoms with van der Waals surface area (Å²) in [7, 11) is 0. The average molecular weight is 333 g/mol. The number of aliphatic hydroxyl groups is 1. The molecule has 1 aliphatic heterocycles. The van der Waals surface area contributed by atoms with Crippen molar-refractivity contribution in [3.63, 3.8) is 0 Å². The highest BCUT2D eigenvalue weighted by molar-refractivity contribution is 5.89. The molecule has 2 amide bonds. The van der Waals surface area contributed by atoms with Gasteiger partial charge in [-0.05, 0) is 24.8 Å². The van der Waals surface area contributed by atoms with Gasteiger partial charge >= 0.3 is 12.2 Å². The van der Waals surface area contributed by atoms with Crippen LogP contribution in [0.4, 0.5) is 23.7 Å². The number of carbonyl (C=O) groups is 1. The summed E-state index contributed by atoms with van der Waals surface area (Å²) >= 11 is 0. The SMILES string of the molecule is O=C(Nc1ccc(OCC(F)(F)F)nc1)N1CCC(CO)CC1. The van der Waals surface area contributed by atoms with Crippen molar-refractivity contribution in [2.45, 2.75) is 19.0 Å². The van der Waals surface area contributed by atoms with E-state index < -0.39 is 12.8 Å².